The van der Waals surface area contributed by atoms with Gasteiger partial charge in [0.1, 0.15) is 0 Å². The van der Waals surface area contributed by atoms with Crippen molar-refractivity contribution in [2.75, 3.05) is 19.6 Å². The lowest BCUT2D eigenvalue weighted by atomic mass is 10.1. The molecule has 0 aromatic carbocycles. The Morgan fingerprint density at radius 3 is 2.67 bits per heavy atom. The van der Waals surface area contributed by atoms with Crippen LogP contribution in [0.3, 0.4) is 0 Å². The summed E-state index contributed by atoms with van der Waals surface area (Å²) in [4.78, 5) is 5.27. The first-order valence-corrected chi connectivity index (χ1v) is 4.63. The Kier molecular flexibility index (Phi) is 3.91. The summed E-state index contributed by atoms with van der Waals surface area (Å²) in [6, 6.07) is 0.253. The van der Waals surface area contributed by atoms with Gasteiger partial charge in [-0.25, -0.2) is 0 Å². The summed E-state index contributed by atoms with van der Waals surface area (Å²) in [5, 5.41) is 3.73. The molecule has 0 aliphatic carbocycles. The van der Waals surface area contributed by atoms with Gasteiger partial charge < -0.3 is 4.90 Å². The van der Waals surface area contributed by atoms with Crippen LogP contribution < -0.4 is 0 Å². The predicted molar refractivity (Wildman–Crippen MR) is 48.9 cm³/mol. The van der Waals surface area contributed by atoms with Gasteiger partial charge in [-0.1, -0.05) is 12.0 Å². The van der Waals surface area contributed by atoms with Crippen LogP contribution in [0.1, 0.15) is 26.2 Å². The Morgan fingerprint density at radius 2 is 2.17 bits per heavy atom. The van der Waals surface area contributed by atoms with E-state index in [0.717, 1.165) is 25.9 Å². The second-order valence-corrected chi connectivity index (χ2v) is 3.28. The molecule has 1 heterocycles. The molecule has 1 rings (SSSR count). The van der Waals surface area contributed by atoms with Crippen molar-refractivity contribution in [3.8, 4) is 0 Å². The molecule has 4 nitrogen and oxygen atoms in total. The molecule has 0 amide bonds. The fourth-order valence-electron chi connectivity index (χ4n) is 1.65. The molecule has 1 aliphatic heterocycles. The normalized spacial score (nSPS) is 20.4. The van der Waals surface area contributed by atoms with Crippen LogP contribution in [0.4, 0.5) is 0 Å². The first-order valence-electron chi connectivity index (χ1n) is 4.63. The van der Waals surface area contributed by atoms with E-state index in [0.29, 0.717) is 0 Å². The van der Waals surface area contributed by atoms with Crippen molar-refractivity contribution < 1.29 is 0 Å². The summed E-state index contributed by atoms with van der Waals surface area (Å²) in [7, 11) is 0. The smallest absolute Gasteiger partial charge is 0.0398 e. The number of azide groups is 1. The molecule has 1 fully saturated rings. The topological polar surface area (TPSA) is 52.0 Å². The molecule has 0 aromatic rings. The van der Waals surface area contributed by atoms with Crippen molar-refractivity contribution in [2.24, 2.45) is 5.11 Å². The number of hydrogen-bond donors (Lipinski definition) is 0. The Balaban J connectivity index is 2.24. The summed E-state index contributed by atoms with van der Waals surface area (Å²) >= 11 is 0. The summed E-state index contributed by atoms with van der Waals surface area (Å²) in [6.07, 6.45) is 3.28. The minimum absolute atomic E-state index is 0.253. The van der Waals surface area contributed by atoms with Crippen LogP contribution in [0.2, 0.25) is 0 Å². The van der Waals surface area contributed by atoms with Gasteiger partial charge in [0, 0.05) is 11.0 Å². The zero-order chi connectivity index (χ0) is 8.81. The van der Waals surface area contributed by atoms with E-state index in [4.69, 9.17) is 5.53 Å². The molecule has 4 heteroatoms. The van der Waals surface area contributed by atoms with Crippen LogP contribution in [-0.2, 0) is 0 Å². The summed E-state index contributed by atoms with van der Waals surface area (Å²) in [5.41, 5.74) is 8.23. The van der Waals surface area contributed by atoms with Gasteiger partial charge in [0.2, 0.25) is 0 Å². The van der Waals surface area contributed by atoms with Crippen molar-refractivity contribution in [3.63, 3.8) is 0 Å². The van der Waals surface area contributed by atoms with Gasteiger partial charge in [0.15, 0.2) is 0 Å². The van der Waals surface area contributed by atoms with Gasteiger partial charge >= 0.3 is 0 Å². The van der Waals surface area contributed by atoms with E-state index in [-0.39, 0.29) is 6.04 Å². The lowest BCUT2D eigenvalue weighted by molar-refractivity contribution is 0.214. The van der Waals surface area contributed by atoms with E-state index < -0.39 is 0 Å². The molecule has 0 spiro atoms. The fraction of sp³-hybridized carbons (Fsp3) is 1.00. The molecule has 0 N–H and O–H groups in total. The Morgan fingerprint density at radius 1 is 1.50 bits per heavy atom. The number of hydrogen-bond acceptors (Lipinski definition) is 2. The molecule has 0 radical (unpaired) electrons. The van der Waals surface area contributed by atoms with Gasteiger partial charge in [-0.3, -0.25) is 0 Å². The molecule has 68 valence electrons. The van der Waals surface area contributed by atoms with E-state index in [1.807, 2.05) is 0 Å². The van der Waals surface area contributed by atoms with Crippen LogP contribution in [0.25, 0.3) is 10.4 Å². The molecular formula is C8H16N4. The van der Waals surface area contributed by atoms with E-state index in [1.54, 1.807) is 0 Å². The SMILES string of the molecule is CCCN1CCC(N=[N+]=[N-])CC1. The van der Waals surface area contributed by atoms with Gasteiger partial charge in [0.25, 0.3) is 0 Å². The third kappa shape index (κ3) is 2.72. The van der Waals surface area contributed by atoms with Gasteiger partial charge in [0.05, 0.1) is 0 Å². The predicted octanol–water partition coefficient (Wildman–Crippen LogP) is 2.17. The average molecular weight is 168 g/mol. The second kappa shape index (κ2) is 5.01. The van der Waals surface area contributed by atoms with Crippen LogP contribution in [0, 0.1) is 0 Å². The Bertz CT molecular complexity index is 166. The third-order valence-electron chi connectivity index (χ3n) is 2.31. The van der Waals surface area contributed by atoms with Gasteiger partial charge in [-0.15, -0.1) is 0 Å². The van der Waals surface area contributed by atoms with Crippen LogP contribution >= 0.6 is 0 Å². The highest BCUT2D eigenvalue weighted by molar-refractivity contribution is 4.76. The van der Waals surface area contributed by atoms with Crippen LogP contribution in [0.5, 0.6) is 0 Å². The maximum Gasteiger partial charge on any atom is 0.0398 e. The van der Waals surface area contributed by atoms with Crippen molar-refractivity contribution in [2.45, 2.75) is 32.2 Å². The zero-order valence-electron chi connectivity index (χ0n) is 7.61. The molecule has 0 atom stereocenters. The maximum atomic E-state index is 8.23. The summed E-state index contributed by atoms with van der Waals surface area (Å²) in [6.45, 7) is 5.57. The average Bonchev–Trinajstić information content (AvgIpc) is 2.09. The van der Waals surface area contributed by atoms with E-state index >= 15 is 0 Å². The van der Waals surface area contributed by atoms with E-state index in [9.17, 15) is 0 Å². The molecule has 12 heavy (non-hydrogen) atoms. The Hall–Kier alpha value is -0.730. The first kappa shape index (κ1) is 9.36. The van der Waals surface area contributed by atoms with Crippen LogP contribution in [-0.4, -0.2) is 30.6 Å². The minimum atomic E-state index is 0.253. The molecule has 0 bridgehead atoms. The van der Waals surface area contributed by atoms with Crippen molar-refractivity contribution in [3.05, 3.63) is 10.4 Å². The van der Waals surface area contributed by atoms with Crippen molar-refractivity contribution >= 4 is 0 Å². The first-order chi connectivity index (χ1) is 5.86. The number of rotatable bonds is 3. The summed E-state index contributed by atoms with van der Waals surface area (Å²) in [5.74, 6) is 0. The van der Waals surface area contributed by atoms with Crippen LogP contribution in [0.15, 0.2) is 5.11 Å². The highest BCUT2D eigenvalue weighted by atomic mass is 15.2. The third-order valence-corrected chi connectivity index (χ3v) is 2.31. The molecule has 0 unspecified atom stereocenters. The van der Waals surface area contributed by atoms with Crippen molar-refractivity contribution in [1.29, 1.82) is 0 Å². The number of nitrogens with zero attached hydrogens (tertiary/aromatic N) is 4. The molecule has 0 aromatic heterocycles. The minimum Gasteiger partial charge on any atom is -0.303 e. The summed E-state index contributed by atoms with van der Waals surface area (Å²) < 4.78 is 0. The highest BCUT2D eigenvalue weighted by Gasteiger charge is 2.16. The Labute approximate surface area is 73.2 Å². The van der Waals surface area contributed by atoms with E-state index in [2.05, 4.69) is 21.8 Å². The molecule has 1 aliphatic rings. The largest absolute Gasteiger partial charge is 0.303 e. The monoisotopic (exact) mass is 168 g/mol. The molecule has 0 saturated carbocycles. The maximum absolute atomic E-state index is 8.23. The molecular weight excluding hydrogens is 152 g/mol. The lowest BCUT2D eigenvalue weighted by Crippen LogP contribution is -2.35. The van der Waals surface area contributed by atoms with Crippen molar-refractivity contribution in [1.82, 2.24) is 4.90 Å². The lowest BCUT2D eigenvalue weighted by Gasteiger charge is -2.29. The standard InChI is InChI=1S/C8H16N4/c1-2-5-12-6-3-8(4-7-12)10-11-9/h8H,2-7H2,1H3. The quantitative estimate of drug-likeness (QED) is 0.362. The number of piperidine rings is 1. The van der Waals surface area contributed by atoms with Gasteiger partial charge in [-0.2, -0.15) is 0 Å². The van der Waals surface area contributed by atoms with E-state index in [1.165, 1.54) is 13.0 Å². The number of likely N-dealkylation sites (tertiary alicyclic amines) is 1. The zero-order valence-corrected chi connectivity index (χ0v) is 7.61. The van der Waals surface area contributed by atoms with Gasteiger partial charge in [-0.05, 0) is 44.4 Å². The highest BCUT2D eigenvalue weighted by Crippen LogP contribution is 2.13. The molecule has 1 saturated heterocycles. The second-order valence-electron chi connectivity index (χ2n) is 3.28. The fourth-order valence-corrected chi connectivity index (χ4v) is 1.65.